The van der Waals surface area contributed by atoms with Gasteiger partial charge in [0.05, 0.1) is 11.7 Å². The predicted molar refractivity (Wildman–Crippen MR) is 128 cm³/mol. The number of ether oxygens (including phenoxy) is 1. The molecule has 0 bridgehead atoms. The molecule has 182 valence electrons. The van der Waals surface area contributed by atoms with Gasteiger partial charge in [-0.1, -0.05) is 23.4 Å². The smallest absolute Gasteiger partial charge is 0.258 e. The number of fused-ring (bicyclic) bond motifs is 1. The lowest BCUT2D eigenvalue weighted by molar-refractivity contribution is -0.118. The summed E-state index contributed by atoms with van der Waals surface area (Å²) in [5.41, 5.74) is 3.43. The summed E-state index contributed by atoms with van der Waals surface area (Å²) in [4.78, 5) is 16.1. The molecule has 1 aliphatic rings. The molecule has 4 rings (SSSR count). The van der Waals surface area contributed by atoms with Gasteiger partial charge in [-0.3, -0.25) is 4.79 Å². The molecule has 2 N–H and O–H groups in total. The summed E-state index contributed by atoms with van der Waals surface area (Å²) >= 11 is 0. The van der Waals surface area contributed by atoms with Gasteiger partial charge in [0.15, 0.2) is 0 Å². The summed E-state index contributed by atoms with van der Waals surface area (Å²) in [5.74, 6) is -0.101. The molecule has 1 unspecified atom stereocenters. The van der Waals surface area contributed by atoms with Crippen LogP contribution in [0.25, 0.3) is 22.8 Å². The van der Waals surface area contributed by atoms with Crippen molar-refractivity contribution in [3.05, 3.63) is 53.1 Å². The molecule has 0 saturated heterocycles. The van der Waals surface area contributed by atoms with Crippen LogP contribution in [0.15, 0.2) is 40.9 Å². The van der Waals surface area contributed by atoms with E-state index in [1.165, 1.54) is 7.05 Å². The van der Waals surface area contributed by atoms with Crippen LogP contribution >= 0.6 is 0 Å². The van der Waals surface area contributed by atoms with Crippen LogP contribution in [0.3, 0.4) is 0 Å². The Hall–Kier alpha value is -3.75. The number of hydrogen-bond donors (Lipinski definition) is 2. The average Bonchev–Trinajstić information content (AvgIpc) is 3.46. The Bertz CT molecular complexity index is 1410. The zero-order valence-electron chi connectivity index (χ0n) is 19.5. The number of sulfonamides is 1. The van der Waals surface area contributed by atoms with Crippen molar-refractivity contribution in [1.29, 1.82) is 5.26 Å². The zero-order chi connectivity index (χ0) is 25.2. The third kappa shape index (κ3) is 5.34. The van der Waals surface area contributed by atoms with Crippen LogP contribution in [0.4, 0.5) is 0 Å². The summed E-state index contributed by atoms with van der Waals surface area (Å²) < 4.78 is 38.5. The van der Waals surface area contributed by atoms with Crippen LogP contribution in [-0.2, 0) is 21.2 Å². The molecular formula is C24H25N5O5S. The molecule has 1 atom stereocenters. The Morgan fingerprint density at radius 3 is 2.83 bits per heavy atom. The van der Waals surface area contributed by atoms with E-state index < -0.39 is 27.7 Å². The van der Waals surface area contributed by atoms with Gasteiger partial charge in [-0.05, 0) is 56.0 Å². The number of carbonyl (C=O) groups excluding carboxylic acids is 1. The van der Waals surface area contributed by atoms with Crippen LogP contribution in [0.2, 0.25) is 0 Å². The number of nitrogens with zero attached hydrogens (tertiary/aromatic N) is 3. The Morgan fingerprint density at radius 1 is 1.31 bits per heavy atom. The number of amides is 1. The second kappa shape index (κ2) is 9.85. The Kier molecular flexibility index (Phi) is 6.86. The first kappa shape index (κ1) is 24.4. The Labute approximate surface area is 203 Å². The van der Waals surface area contributed by atoms with Crippen molar-refractivity contribution in [2.75, 3.05) is 12.8 Å². The number of benzene rings is 2. The molecule has 1 heterocycles. The molecular weight excluding hydrogens is 470 g/mol. The highest BCUT2D eigenvalue weighted by molar-refractivity contribution is 7.90. The van der Waals surface area contributed by atoms with E-state index in [-0.39, 0.29) is 12.0 Å². The van der Waals surface area contributed by atoms with E-state index >= 15 is 0 Å². The van der Waals surface area contributed by atoms with Crippen molar-refractivity contribution in [3.63, 3.8) is 0 Å². The molecule has 3 aromatic rings. The van der Waals surface area contributed by atoms with Crippen molar-refractivity contribution < 1.29 is 22.5 Å². The maximum absolute atomic E-state index is 12.4. The molecule has 2 aromatic carbocycles. The van der Waals surface area contributed by atoms with Crippen molar-refractivity contribution in [3.8, 4) is 34.7 Å². The first-order valence-corrected chi connectivity index (χ1v) is 12.7. The second-order valence-corrected chi connectivity index (χ2v) is 10.2. The largest absolute Gasteiger partial charge is 0.490 e. The number of hydrogen-bond acceptors (Lipinski definition) is 8. The molecule has 1 amide bonds. The van der Waals surface area contributed by atoms with E-state index in [9.17, 15) is 18.5 Å². The molecule has 0 fully saturated rings. The molecule has 1 aromatic heterocycles. The highest BCUT2D eigenvalue weighted by Gasteiger charge is 2.30. The minimum atomic E-state index is -3.79. The summed E-state index contributed by atoms with van der Waals surface area (Å²) in [5, 5.41) is 15.9. The van der Waals surface area contributed by atoms with Gasteiger partial charge >= 0.3 is 0 Å². The van der Waals surface area contributed by atoms with Gasteiger partial charge in [-0.15, -0.1) is 0 Å². The van der Waals surface area contributed by atoms with Crippen LogP contribution in [-0.4, -0.2) is 43.4 Å². The normalized spacial score (nSPS) is 15.0. The summed E-state index contributed by atoms with van der Waals surface area (Å²) in [7, 11) is -2.40. The minimum Gasteiger partial charge on any atom is -0.490 e. The first-order chi connectivity index (χ1) is 16.7. The molecule has 0 aliphatic heterocycles. The Balaban J connectivity index is 1.60. The molecule has 11 heteroatoms. The van der Waals surface area contributed by atoms with E-state index in [1.807, 2.05) is 26.0 Å². The van der Waals surface area contributed by atoms with Gasteiger partial charge in [-0.2, -0.15) is 10.2 Å². The summed E-state index contributed by atoms with van der Waals surface area (Å²) in [6, 6.07) is 12.3. The highest BCUT2D eigenvalue weighted by Crippen LogP contribution is 2.38. The predicted octanol–water partition coefficient (Wildman–Crippen LogP) is 2.72. The fourth-order valence-corrected chi connectivity index (χ4v) is 5.30. The van der Waals surface area contributed by atoms with Crippen LogP contribution in [0, 0.1) is 11.3 Å². The van der Waals surface area contributed by atoms with E-state index in [0.717, 1.165) is 16.7 Å². The van der Waals surface area contributed by atoms with Crippen LogP contribution in [0.1, 0.15) is 43.0 Å². The maximum atomic E-state index is 12.4. The lowest BCUT2D eigenvalue weighted by Gasteiger charge is -2.14. The molecule has 10 nitrogen and oxygen atoms in total. The second-order valence-electron chi connectivity index (χ2n) is 8.43. The molecule has 0 spiro atoms. The van der Waals surface area contributed by atoms with Gasteiger partial charge in [0.1, 0.15) is 17.6 Å². The number of aromatic nitrogens is 2. The van der Waals surface area contributed by atoms with E-state index in [1.54, 1.807) is 24.3 Å². The minimum absolute atomic E-state index is 0.0692. The van der Waals surface area contributed by atoms with Gasteiger partial charge in [0.2, 0.25) is 21.8 Å². The number of carbonyl (C=O) groups is 1. The molecule has 0 saturated carbocycles. The fraction of sp³-hybridized carbons (Fsp3) is 0.333. The molecule has 1 aliphatic carbocycles. The van der Waals surface area contributed by atoms with Gasteiger partial charge in [-0.25, -0.2) is 13.1 Å². The fourth-order valence-electron chi connectivity index (χ4n) is 4.05. The van der Waals surface area contributed by atoms with E-state index in [0.29, 0.717) is 35.5 Å². The topological polar surface area (TPSA) is 147 Å². The highest BCUT2D eigenvalue weighted by atomic mass is 32.2. The monoisotopic (exact) mass is 495 g/mol. The molecule has 0 radical (unpaired) electrons. The van der Waals surface area contributed by atoms with Gasteiger partial charge < -0.3 is 14.6 Å². The standard InChI is InChI=1S/C24H25N5O5S/c1-14(2)33-21-10-7-15(11-16(21)12-25)24-27-23(28-34-24)19-6-4-5-18-17(19)8-9-20(18)29-35(31,32)13-22(30)26-3/h4-7,10-11,14,20,29H,8-9,13H2,1-3H3,(H,26,30). The number of rotatable bonds is 8. The Morgan fingerprint density at radius 2 is 2.11 bits per heavy atom. The van der Waals surface area contributed by atoms with E-state index in [4.69, 9.17) is 9.26 Å². The van der Waals surface area contributed by atoms with Crippen molar-refractivity contribution >= 4 is 15.9 Å². The average molecular weight is 496 g/mol. The third-order valence-electron chi connectivity index (χ3n) is 5.57. The lowest BCUT2D eigenvalue weighted by atomic mass is 10.0. The first-order valence-electron chi connectivity index (χ1n) is 11.1. The van der Waals surface area contributed by atoms with Gasteiger partial charge in [0, 0.05) is 24.2 Å². The molecule has 35 heavy (non-hydrogen) atoms. The third-order valence-corrected chi connectivity index (χ3v) is 6.85. The summed E-state index contributed by atoms with van der Waals surface area (Å²) in [6.07, 6.45) is 1.09. The lowest BCUT2D eigenvalue weighted by Crippen LogP contribution is -2.36. The number of nitrogens with one attached hydrogen (secondary N) is 2. The van der Waals surface area contributed by atoms with Crippen LogP contribution in [0.5, 0.6) is 5.75 Å². The van der Waals surface area contributed by atoms with Crippen molar-refractivity contribution in [2.24, 2.45) is 0 Å². The SMILES string of the molecule is CNC(=O)CS(=O)(=O)NC1CCc2c(-c3noc(-c4ccc(OC(C)C)c(C#N)c4)n3)cccc21. The number of nitriles is 1. The van der Waals surface area contributed by atoms with Crippen molar-refractivity contribution in [2.45, 2.75) is 38.8 Å². The van der Waals surface area contributed by atoms with E-state index in [2.05, 4.69) is 26.2 Å². The summed E-state index contributed by atoms with van der Waals surface area (Å²) in [6.45, 7) is 3.77. The van der Waals surface area contributed by atoms with Crippen LogP contribution < -0.4 is 14.8 Å². The van der Waals surface area contributed by atoms with Crippen molar-refractivity contribution in [1.82, 2.24) is 20.2 Å². The zero-order valence-corrected chi connectivity index (χ0v) is 20.3. The quantitative estimate of drug-likeness (QED) is 0.485. The maximum Gasteiger partial charge on any atom is 0.258 e. The van der Waals surface area contributed by atoms with Gasteiger partial charge in [0.25, 0.3) is 5.89 Å².